The summed E-state index contributed by atoms with van der Waals surface area (Å²) in [6, 6.07) is 4.05. The third kappa shape index (κ3) is 2.97. The highest BCUT2D eigenvalue weighted by atomic mass is 32.2. The molecule has 17 heavy (non-hydrogen) atoms. The molecule has 0 aliphatic rings. The quantitative estimate of drug-likeness (QED) is 0.674. The van der Waals surface area contributed by atoms with E-state index in [-0.39, 0.29) is 10.6 Å². The van der Waals surface area contributed by atoms with Crippen molar-refractivity contribution < 1.29 is 8.78 Å². The fourth-order valence-corrected chi connectivity index (χ4v) is 2.27. The molecule has 2 N–H and O–H groups in total. The van der Waals surface area contributed by atoms with Crippen molar-refractivity contribution in [1.82, 2.24) is 9.78 Å². The van der Waals surface area contributed by atoms with Crippen molar-refractivity contribution in [3.05, 3.63) is 42.2 Å². The molecule has 0 spiro atoms. The number of nitrogens with zero attached hydrogens (tertiary/aromatic N) is 2. The molecule has 0 unspecified atom stereocenters. The van der Waals surface area contributed by atoms with E-state index < -0.39 is 11.6 Å². The van der Waals surface area contributed by atoms with E-state index in [1.807, 2.05) is 0 Å². The van der Waals surface area contributed by atoms with Gasteiger partial charge >= 0.3 is 0 Å². The average molecular weight is 255 g/mol. The molecule has 1 aromatic heterocycles. The molecule has 1 aromatic carbocycles. The van der Waals surface area contributed by atoms with E-state index in [0.717, 1.165) is 23.9 Å². The minimum Gasteiger partial charge on any atom is -0.399 e. The van der Waals surface area contributed by atoms with Gasteiger partial charge in [0.05, 0.1) is 11.4 Å². The first-order valence-electron chi connectivity index (χ1n) is 5.01. The van der Waals surface area contributed by atoms with Crippen LogP contribution in [0, 0.1) is 11.6 Å². The van der Waals surface area contributed by atoms with Gasteiger partial charge in [-0.25, -0.2) is 8.78 Å². The summed E-state index contributed by atoms with van der Waals surface area (Å²) in [6.07, 6.45) is 3.46. The van der Waals surface area contributed by atoms with Gasteiger partial charge in [-0.2, -0.15) is 5.10 Å². The second kappa shape index (κ2) is 5.18. The van der Waals surface area contributed by atoms with Gasteiger partial charge in [0.2, 0.25) is 0 Å². The lowest BCUT2D eigenvalue weighted by Gasteiger charge is -2.06. The molecule has 0 fully saturated rings. The summed E-state index contributed by atoms with van der Waals surface area (Å²) in [6.45, 7) is 0.598. The number of hydrogen-bond donors (Lipinski definition) is 1. The first-order chi connectivity index (χ1) is 8.16. The zero-order chi connectivity index (χ0) is 12.3. The summed E-state index contributed by atoms with van der Waals surface area (Å²) in [5.74, 6) is -0.694. The molecule has 0 bridgehead atoms. The molecule has 0 aliphatic carbocycles. The third-order valence-electron chi connectivity index (χ3n) is 2.15. The van der Waals surface area contributed by atoms with E-state index in [4.69, 9.17) is 5.73 Å². The standard InChI is InChI=1S/C11H11F2N3S/c12-9-6-8(14)7-10(13)11(9)17-5-4-16-3-1-2-15-16/h1-3,6-7H,4-5,14H2. The Labute approximate surface area is 102 Å². The molecule has 0 aliphatic heterocycles. The summed E-state index contributed by atoms with van der Waals surface area (Å²) in [4.78, 5) is 0.00589. The number of nitrogens with two attached hydrogens (primary N) is 1. The first kappa shape index (κ1) is 11.9. The van der Waals surface area contributed by atoms with E-state index in [1.165, 1.54) is 0 Å². The van der Waals surface area contributed by atoms with E-state index in [2.05, 4.69) is 5.10 Å². The maximum Gasteiger partial charge on any atom is 0.141 e. The molecular formula is C11H11F2N3S. The lowest BCUT2D eigenvalue weighted by atomic mass is 10.3. The molecule has 0 saturated heterocycles. The fraction of sp³-hybridized carbons (Fsp3) is 0.182. The summed E-state index contributed by atoms with van der Waals surface area (Å²) >= 11 is 1.11. The SMILES string of the molecule is Nc1cc(F)c(SCCn2cccn2)c(F)c1. The highest BCUT2D eigenvalue weighted by Gasteiger charge is 2.10. The minimum absolute atomic E-state index is 0.00589. The minimum atomic E-state index is -0.618. The van der Waals surface area contributed by atoms with Gasteiger partial charge in [-0.1, -0.05) is 0 Å². The van der Waals surface area contributed by atoms with Crippen LogP contribution in [0.5, 0.6) is 0 Å². The maximum absolute atomic E-state index is 13.4. The van der Waals surface area contributed by atoms with Crippen LogP contribution in [0.3, 0.4) is 0 Å². The van der Waals surface area contributed by atoms with E-state index in [1.54, 1.807) is 23.1 Å². The molecule has 0 radical (unpaired) electrons. The van der Waals surface area contributed by atoms with Crippen LogP contribution in [0.4, 0.5) is 14.5 Å². The second-order valence-electron chi connectivity index (χ2n) is 3.43. The lowest BCUT2D eigenvalue weighted by molar-refractivity contribution is 0.541. The Bertz CT molecular complexity index is 476. The van der Waals surface area contributed by atoms with Gasteiger partial charge < -0.3 is 5.73 Å². The smallest absolute Gasteiger partial charge is 0.141 e. The van der Waals surface area contributed by atoms with Crippen LogP contribution in [0.2, 0.25) is 0 Å². The Hall–Kier alpha value is -1.56. The molecule has 3 nitrogen and oxygen atoms in total. The van der Waals surface area contributed by atoms with Crippen LogP contribution in [-0.4, -0.2) is 15.5 Å². The molecular weight excluding hydrogens is 244 g/mol. The molecule has 90 valence electrons. The number of thioether (sulfide) groups is 1. The molecule has 6 heteroatoms. The Morgan fingerprint density at radius 2 is 2.00 bits per heavy atom. The van der Waals surface area contributed by atoms with Gasteiger partial charge in [0, 0.05) is 23.8 Å². The van der Waals surface area contributed by atoms with Crippen molar-refractivity contribution >= 4 is 17.4 Å². The van der Waals surface area contributed by atoms with Gasteiger partial charge in [0.1, 0.15) is 11.6 Å². The van der Waals surface area contributed by atoms with Crippen LogP contribution in [0.1, 0.15) is 0 Å². The Morgan fingerprint density at radius 3 is 2.59 bits per heavy atom. The topological polar surface area (TPSA) is 43.8 Å². The molecule has 0 saturated carbocycles. The number of halogens is 2. The first-order valence-corrected chi connectivity index (χ1v) is 6.00. The Morgan fingerprint density at radius 1 is 1.29 bits per heavy atom. The third-order valence-corrected chi connectivity index (χ3v) is 3.21. The predicted octanol–water partition coefficient (Wildman–Crippen LogP) is 2.54. The van der Waals surface area contributed by atoms with E-state index >= 15 is 0 Å². The van der Waals surface area contributed by atoms with Crippen LogP contribution >= 0.6 is 11.8 Å². The van der Waals surface area contributed by atoms with Crippen molar-refractivity contribution in [2.45, 2.75) is 11.4 Å². The number of aryl methyl sites for hydroxylation is 1. The maximum atomic E-state index is 13.4. The van der Waals surface area contributed by atoms with E-state index in [0.29, 0.717) is 12.3 Å². The number of rotatable bonds is 4. The molecule has 0 amide bonds. The van der Waals surface area contributed by atoms with Gasteiger partial charge in [0.25, 0.3) is 0 Å². The molecule has 2 rings (SSSR count). The van der Waals surface area contributed by atoms with Gasteiger partial charge in [-0.05, 0) is 18.2 Å². The van der Waals surface area contributed by atoms with Crippen LogP contribution in [0.25, 0.3) is 0 Å². The number of benzene rings is 1. The Balaban J connectivity index is 1.99. The number of nitrogen functional groups attached to an aromatic ring is 1. The summed E-state index contributed by atoms with van der Waals surface area (Å²) in [7, 11) is 0. The number of hydrogen-bond acceptors (Lipinski definition) is 3. The van der Waals surface area contributed by atoms with Crippen molar-refractivity contribution in [3.8, 4) is 0 Å². The number of anilines is 1. The van der Waals surface area contributed by atoms with Crippen molar-refractivity contribution in [1.29, 1.82) is 0 Å². The largest absolute Gasteiger partial charge is 0.399 e. The fourth-order valence-electron chi connectivity index (χ4n) is 1.39. The van der Waals surface area contributed by atoms with Gasteiger partial charge in [0.15, 0.2) is 0 Å². The summed E-state index contributed by atoms with van der Waals surface area (Å²) in [5.41, 5.74) is 5.42. The zero-order valence-electron chi connectivity index (χ0n) is 8.94. The van der Waals surface area contributed by atoms with E-state index in [9.17, 15) is 8.78 Å². The monoisotopic (exact) mass is 255 g/mol. The Kier molecular flexibility index (Phi) is 3.63. The van der Waals surface area contributed by atoms with Crippen molar-refractivity contribution in [2.75, 3.05) is 11.5 Å². The summed E-state index contributed by atoms with van der Waals surface area (Å²) in [5, 5.41) is 4.00. The zero-order valence-corrected chi connectivity index (χ0v) is 9.75. The predicted molar refractivity (Wildman–Crippen MR) is 63.7 cm³/mol. The average Bonchev–Trinajstić information content (AvgIpc) is 2.74. The van der Waals surface area contributed by atoms with Crippen LogP contribution in [-0.2, 0) is 6.54 Å². The highest BCUT2D eigenvalue weighted by molar-refractivity contribution is 7.99. The molecule has 2 aromatic rings. The second-order valence-corrected chi connectivity index (χ2v) is 4.54. The van der Waals surface area contributed by atoms with Crippen LogP contribution < -0.4 is 5.73 Å². The van der Waals surface area contributed by atoms with Crippen molar-refractivity contribution in [3.63, 3.8) is 0 Å². The van der Waals surface area contributed by atoms with Gasteiger partial charge in [-0.3, -0.25) is 4.68 Å². The van der Waals surface area contributed by atoms with Crippen molar-refractivity contribution in [2.24, 2.45) is 0 Å². The highest BCUT2D eigenvalue weighted by Crippen LogP contribution is 2.27. The van der Waals surface area contributed by atoms with Crippen LogP contribution in [0.15, 0.2) is 35.5 Å². The lowest BCUT2D eigenvalue weighted by Crippen LogP contribution is -2.01. The molecule has 1 heterocycles. The summed E-state index contributed by atoms with van der Waals surface area (Å²) < 4.78 is 28.5. The number of aromatic nitrogens is 2. The normalized spacial score (nSPS) is 10.7. The molecule has 0 atom stereocenters. The van der Waals surface area contributed by atoms with Gasteiger partial charge in [-0.15, -0.1) is 11.8 Å².